The minimum absolute atomic E-state index is 0.129. The summed E-state index contributed by atoms with van der Waals surface area (Å²) >= 11 is 2.94. The lowest BCUT2D eigenvalue weighted by Gasteiger charge is -2.33. The summed E-state index contributed by atoms with van der Waals surface area (Å²) in [6.45, 7) is 11.7. The number of carbonyl (C=O) groups excluding carboxylic acids is 1. The Bertz CT molecular complexity index is 1250. The number of thiophene rings is 1. The van der Waals surface area contributed by atoms with Gasteiger partial charge in [0.05, 0.1) is 11.3 Å². The summed E-state index contributed by atoms with van der Waals surface area (Å²) < 4.78 is 2.03. The smallest absolute Gasteiger partial charge is 0.235 e. The summed E-state index contributed by atoms with van der Waals surface area (Å²) in [6, 6.07) is 10.5. The van der Waals surface area contributed by atoms with E-state index in [9.17, 15) is 10.1 Å². The van der Waals surface area contributed by atoms with Crippen LogP contribution in [-0.2, 0) is 24.2 Å². The molecule has 0 aliphatic heterocycles. The average molecular weight is 494 g/mol. The molecule has 1 N–H and O–H groups in total. The number of nitrogens with one attached hydrogen (secondary N) is 1. The fourth-order valence-electron chi connectivity index (χ4n) is 4.50. The van der Waals surface area contributed by atoms with Crippen molar-refractivity contribution in [2.45, 2.75) is 65.6 Å². The van der Waals surface area contributed by atoms with Gasteiger partial charge in [-0.1, -0.05) is 56.3 Å². The second kappa shape index (κ2) is 9.93. The first-order valence-corrected chi connectivity index (χ1v) is 13.5. The molecule has 0 unspecified atom stereocenters. The van der Waals surface area contributed by atoms with Gasteiger partial charge in [0.1, 0.15) is 11.1 Å². The van der Waals surface area contributed by atoms with E-state index in [4.69, 9.17) is 0 Å². The summed E-state index contributed by atoms with van der Waals surface area (Å²) in [7, 11) is 0. The third-order valence-corrected chi connectivity index (χ3v) is 8.63. The van der Waals surface area contributed by atoms with Crippen LogP contribution >= 0.6 is 23.1 Å². The van der Waals surface area contributed by atoms with Crippen LogP contribution in [0.4, 0.5) is 5.00 Å². The predicted molar refractivity (Wildman–Crippen MR) is 139 cm³/mol. The highest BCUT2D eigenvalue weighted by Crippen LogP contribution is 2.44. The number of nitriles is 1. The van der Waals surface area contributed by atoms with E-state index in [1.165, 1.54) is 16.6 Å². The molecule has 8 heteroatoms. The normalized spacial score (nSPS) is 15.6. The molecule has 1 amide bonds. The van der Waals surface area contributed by atoms with Gasteiger partial charge >= 0.3 is 0 Å². The molecular formula is C26H31N5OS2. The van der Waals surface area contributed by atoms with E-state index < -0.39 is 0 Å². The van der Waals surface area contributed by atoms with Crippen molar-refractivity contribution >= 4 is 34.0 Å². The van der Waals surface area contributed by atoms with Gasteiger partial charge < -0.3 is 9.88 Å². The predicted octanol–water partition coefficient (Wildman–Crippen LogP) is 6.09. The van der Waals surface area contributed by atoms with Crippen molar-refractivity contribution < 1.29 is 4.79 Å². The van der Waals surface area contributed by atoms with Crippen molar-refractivity contribution in [2.24, 2.45) is 11.3 Å². The van der Waals surface area contributed by atoms with Crippen molar-refractivity contribution in [2.75, 3.05) is 11.1 Å². The first-order chi connectivity index (χ1) is 16.2. The topological polar surface area (TPSA) is 83.6 Å². The number of anilines is 1. The van der Waals surface area contributed by atoms with E-state index >= 15 is 0 Å². The van der Waals surface area contributed by atoms with Gasteiger partial charge in [0.15, 0.2) is 11.0 Å². The lowest BCUT2D eigenvalue weighted by atomic mass is 9.72. The van der Waals surface area contributed by atoms with Crippen LogP contribution in [0.15, 0.2) is 29.4 Å². The minimum Gasteiger partial charge on any atom is -0.316 e. The molecule has 1 aliphatic rings. The second-order valence-corrected chi connectivity index (χ2v) is 11.9. The highest BCUT2D eigenvalue weighted by Gasteiger charge is 2.32. The van der Waals surface area contributed by atoms with E-state index in [0.717, 1.165) is 41.8 Å². The van der Waals surface area contributed by atoms with Crippen LogP contribution in [0.1, 0.15) is 55.7 Å². The van der Waals surface area contributed by atoms with Crippen molar-refractivity contribution in [3.8, 4) is 17.5 Å². The summed E-state index contributed by atoms with van der Waals surface area (Å²) in [5.74, 6) is 1.48. The van der Waals surface area contributed by atoms with Gasteiger partial charge in [0.2, 0.25) is 5.91 Å². The molecule has 0 saturated carbocycles. The van der Waals surface area contributed by atoms with E-state index in [1.807, 2.05) is 23.6 Å². The van der Waals surface area contributed by atoms with Crippen LogP contribution in [-0.4, -0.2) is 26.4 Å². The molecule has 2 aromatic heterocycles. The first-order valence-electron chi connectivity index (χ1n) is 11.7. The Hall–Kier alpha value is -2.63. The van der Waals surface area contributed by atoms with E-state index in [-0.39, 0.29) is 17.1 Å². The number of carbonyl (C=O) groups is 1. The number of aryl methyl sites for hydroxylation is 1. The summed E-state index contributed by atoms with van der Waals surface area (Å²) in [5.41, 5.74) is 4.19. The van der Waals surface area contributed by atoms with Crippen molar-refractivity contribution in [1.29, 1.82) is 5.26 Å². The Morgan fingerprint density at radius 2 is 2.15 bits per heavy atom. The van der Waals surface area contributed by atoms with Crippen LogP contribution in [0.5, 0.6) is 0 Å². The maximum atomic E-state index is 12.8. The summed E-state index contributed by atoms with van der Waals surface area (Å²) in [4.78, 5) is 14.1. The molecule has 0 radical (unpaired) electrons. The molecule has 4 rings (SSSR count). The Kier molecular flexibility index (Phi) is 7.15. The Morgan fingerprint density at radius 3 is 2.82 bits per heavy atom. The number of thioether (sulfide) groups is 1. The SMILES string of the molecule is CCn1c(SCC(=O)Nc2sc3c(c2C#N)CC[C@@H](C(C)(C)C)C3)nnc1-c1cccc(C)c1. The van der Waals surface area contributed by atoms with E-state index in [2.05, 4.69) is 61.4 Å². The zero-order chi connectivity index (χ0) is 24.5. The van der Waals surface area contributed by atoms with Crippen LogP contribution in [0.25, 0.3) is 11.4 Å². The van der Waals surface area contributed by atoms with E-state index in [0.29, 0.717) is 28.2 Å². The number of nitrogens with zero attached hydrogens (tertiary/aromatic N) is 4. The highest BCUT2D eigenvalue weighted by molar-refractivity contribution is 7.99. The van der Waals surface area contributed by atoms with Crippen LogP contribution < -0.4 is 5.32 Å². The standard InChI is InChI=1S/C26H31N5OS2/c1-6-31-23(17-9-7-8-16(2)12-17)29-30-25(31)33-15-22(32)28-24-20(14-27)19-11-10-18(26(3,4)5)13-21(19)34-24/h7-9,12,18H,6,10-11,13,15H2,1-5H3,(H,28,32)/t18-/m1/s1. The number of hydrogen-bond acceptors (Lipinski definition) is 6. The van der Waals surface area contributed by atoms with Gasteiger partial charge in [-0.3, -0.25) is 4.79 Å². The molecule has 178 valence electrons. The molecule has 2 heterocycles. The fraction of sp³-hybridized carbons (Fsp3) is 0.462. The van der Waals surface area contributed by atoms with Crippen molar-refractivity contribution in [3.05, 3.63) is 45.8 Å². The van der Waals surface area contributed by atoms with Crippen molar-refractivity contribution in [3.63, 3.8) is 0 Å². The maximum Gasteiger partial charge on any atom is 0.235 e. The number of amides is 1. The summed E-state index contributed by atoms with van der Waals surface area (Å²) in [5, 5.41) is 22.9. The largest absolute Gasteiger partial charge is 0.316 e. The van der Waals surface area contributed by atoms with Crippen LogP contribution in [0, 0.1) is 29.6 Å². The molecule has 3 aromatic rings. The maximum absolute atomic E-state index is 12.8. The first kappa shape index (κ1) is 24.5. The van der Waals surface area contributed by atoms with Crippen LogP contribution in [0.3, 0.4) is 0 Å². The van der Waals surface area contributed by atoms with Gasteiger partial charge in [0, 0.05) is 17.0 Å². The molecule has 1 atom stereocenters. The summed E-state index contributed by atoms with van der Waals surface area (Å²) in [6.07, 6.45) is 2.97. The molecular weight excluding hydrogens is 462 g/mol. The number of fused-ring (bicyclic) bond motifs is 1. The molecule has 1 aromatic carbocycles. The Labute approximate surface area is 209 Å². The number of hydrogen-bond donors (Lipinski definition) is 1. The number of benzene rings is 1. The van der Waals surface area contributed by atoms with E-state index in [1.54, 1.807) is 11.3 Å². The number of rotatable bonds is 6. The fourth-order valence-corrected chi connectivity index (χ4v) is 6.60. The Morgan fingerprint density at radius 1 is 1.35 bits per heavy atom. The second-order valence-electron chi connectivity index (χ2n) is 9.88. The zero-order valence-electron chi connectivity index (χ0n) is 20.4. The number of aromatic nitrogens is 3. The van der Waals surface area contributed by atoms with Gasteiger partial charge in [-0.15, -0.1) is 21.5 Å². The Balaban J connectivity index is 1.46. The molecule has 0 fully saturated rings. The third kappa shape index (κ3) is 5.06. The minimum atomic E-state index is -0.129. The lowest BCUT2D eigenvalue weighted by molar-refractivity contribution is -0.113. The van der Waals surface area contributed by atoms with Gasteiger partial charge in [-0.25, -0.2) is 0 Å². The molecule has 0 spiro atoms. The molecule has 0 saturated heterocycles. The molecule has 1 aliphatic carbocycles. The molecule has 0 bridgehead atoms. The van der Waals surface area contributed by atoms with Gasteiger partial charge in [-0.2, -0.15) is 5.26 Å². The molecule has 6 nitrogen and oxygen atoms in total. The van der Waals surface area contributed by atoms with Gasteiger partial charge in [-0.05, 0) is 56.1 Å². The lowest BCUT2D eigenvalue weighted by Crippen LogP contribution is -2.26. The van der Waals surface area contributed by atoms with Crippen LogP contribution in [0.2, 0.25) is 0 Å². The molecule has 34 heavy (non-hydrogen) atoms. The van der Waals surface area contributed by atoms with Gasteiger partial charge in [0.25, 0.3) is 0 Å². The average Bonchev–Trinajstić information content (AvgIpc) is 3.36. The third-order valence-electron chi connectivity index (χ3n) is 6.50. The quantitative estimate of drug-likeness (QED) is 0.420. The zero-order valence-corrected chi connectivity index (χ0v) is 22.1. The highest BCUT2D eigenvalue weighted by atomic mass is 32.2. The monoisotopic (exact) mass is 493 g/mol. The van der Waals surface area contributed by atoms with Crippen molar-refractivity contribution in [1.82, 2.24) is 14.8 Å².